The van der Waals surface area contributed by atoms with Crippen molar-refractivity contribution in [3.05, 3.63) is 0 Å². The van der Waals surface area contributed by atoms with Crippen molar-refractivity contribution in [1.29, 1.82) is 0 Å². The first-order valence-electron chi connectivity index (χ1n) is 2.10. The summed E-state index contributed by atoms with van der Waals surface area (Å²) in [6.45, 7) is 2.50. The summed E-state index contributed by atoms with van der Waals surface area (Å²) in [5.74, 6) is 0. The van der Waals surface area contributed by atoms with E-state index in [0.717, 1.165) is 0 Å². The van der Waals surface area contributed by atoms with Gasteiger partial charge in [0.15, 0.2) is 6.79 Å². The molecule has 57 valence electrons. The Hall–Kier alpha value is 0.204. The number of ether oxygens (including phenoxy) is 2. The van der Waals surface area contributed by atoms with Crippen LogP contribution in [-0.2, 0) is 51.8 Å². The molecule has 5 heteroatoms. The molecule has 0 aliphatic carbocycles. The van der Waals surface area contributed by atoms with Crippen LogP contribution in [0.5, 0.6) is 0 Å². The van der Waals surface area contributed by atoms with Gasteiger partial charge in [0, 0.05) is 39.8 Å². The molecule has 0 fully saturated rings. The zero-order valence-electron chi connectivity index (χ0n) is 5.92. The van der Waals surface area contributed by atoms with Crippen LogP contribution in [0.3, 0.4) is 0 Å². The largest absolute Gasteiger partial charge is 0.634 e. The Morgan fingerprint density at radius 1 is 1.40 bits per heavy atom. The van der Waals surface area contributed by atoms with E-state index >= 15 is 0 Å². The maximum Gasteiger partial charge on any atom is 0.155 e. The first-order valence-corrected chi connectivity index (χ1v) is 2.10. The normalized spacial score (nSPS) is 5.80. The van der Waals surface area contributed by atoms with Crippen molar-refractivity contribution in [3.63, 3.8) is 0 Å². The number of hydrogen-bond donors (Lipinski definition) is 0. The Labute approximate surface area is 85.1 Å². The van der Waals surface area contributed by atoms with E-state index in [4.69, 9.17) is 9.59 Å². The summed E-state index contributed by atoms with van der Waals surface area (Å²) in [6, 6.07) is 0. The third-order valence-corrected chi connectivity index (χ3v) is 0.236. The maximum atomic E-state index is 9.14. The van der Waals surface area contributed by atoms with Gasteiger partial charge in [0.25, 0.3) is 0 Å². The van der Waals surface area contributed by atoms with Crippen molar-refractivity contribution >= 4 is 12.8 Å². The first kappa shape index (κ1) is 16.7. The van der Waals surface area contributed by atoms with E-state index in [1.807, 2.05) is 0 Å². The Morgan fingerprint density at radius 3 is 1.90 bits per heavy atom. The summed E-state index contributed by atoms with van der Waals surface area (Å²) < 4.78 is 8.25. The molecule has 10 heavy (non-hydrogen) atoms. The minimum absolute atomic E-state index is 0. The van der Waals surface area contributed by atoms with E-state index < -0.39 is 0 Å². The molecule has 0 bridgehead atoms. The monoisotopic (exact) mass is 221 g/mol. The van der Waals surface area contributed by atoms with Crippen molar-refractivity contribution in [1.82, 2.24) is 0 Å². The standard InChI is InChI=1S/C3H5O3.C2H3O.Y/c1-5-3-6-2-4;1-2-3;/h3H2,1H3;1H3;/q2*-1;. The molecule has 0 aromatic carbocycles. The van der Waals surface area contributed by atoms with Crippen LogP contribution in [0.2, 0.25) is 0 Å². The molecule has 0 amide bonds. The molecule has 0 heterocycles. The maximum absolute atomic E-state index is 9.14. The third-order valence-electron chi connectivity index (χ3n) is 0.236. The van der Waals surface area contributed by atoms with E-state index in [1.165, 1.54) is 26.8 Å². The fraction of sp³-hybridized carbons (Fsp3) is 0.600. The van der Waals surface area contributed by atoms with E-state index in [2.05, 4.69) is 9.47 Å². The number of hydrogen-bond acceptors (Lipinski definition) is 4. The van der Waals surface area contributed by atoms with Gasteiger partial charge in [-0.2, -0.15) is 6.92 Å². The fourth-order valence-corrected chi connectivity index (χ4v) is 0.0830. The Bertz CT molecular complexity index is 66.7. The van der Waals surface area contributed by atoms with Crippen molar-refractivity contribution in [3.8, 4) is 0 Å². The zero-order valence-corrected chi connectivity index (χ0v) is 8.76. The molecule has 0 spiro atoms. The van der Waals surface area contributed by atoms with Crippen LogP contribution in [0.4, 0.5) is 0 Å². The molecule has 0 aliphatic rings. The van der Waals surface area contributed by atoms with Gasteiger partial charge in [-0.3, -0.25) is 6.29 Å². The molecule has 0 N–H and O–H groups in total. The summed E-state index contributed by atoms with van der Waals surface area (Å²) in [5, 5.41) is 0. The number of methoxy groups -OCH3 is 1. The van der Waals surface area contributed by atoms with Gasteiger partial charge in [-0.15, -0.1) is 0 Å². The average molecular weight is 221 g/mol. The van der Waals surface area contributed by atoms with Crippen LogP contribution in [0.15, 0.2) is 0 Å². The second-order valence-corrected chi connectivity index (χ2v) is 0.838. The Balaban J connectivity index is -0.000000107. The van der Waals surface area contributed by atoms with Crippen LogP contribution < -0.4 is 0 Å². The predicted octanol–water partition coefficient (Wildman–Crippen LogP) is -0.212. The van der Waals surface area contributed by atoms with Crippen LogP contribution in [0.1, 0.15) is 6.92 Å². The fourth-order valence-electron chi connectivity index (χ4n) is 0.0830. The quantitative estimate of drug-likeness (QED) is 0.376. The molecule has 0 saturated carbocycles. The van der Waals surface area contributed by atoms with Gasteiger partial charge in [0.1, 0.15) is 0 Å². The summed E-state index contributed by atoms with van der Waals surface area (Å²) in [6.07, 6.45) is 1.50. The van der Waals surface area contributed by atoms with Gasteiger partial charge in [0.05, 0.1) is 0 Å². The topological polar surface area (TPSA) is 52.6 Å². The van der Waals surface area contributed by atoms with E-state index in [9.17, 15) is 0 Å². The van der Waals surface area contributed by atoms with Crippen molar-refractivity contribution in [2.75, 3.05) is 13.9 Å². The number of rotatable bonds is 3. The van der Waals surface area contributed by atoms with E-state index in [1.54, 1.807) is 0 Å². The second kappa shape index (κ2) is 22.9. The molecule has 0 aromatic rings. The van der Waals surface area contributed by atoms with Crippen molar-refractivity contribution in [2.45, 2.75) is 6.92 Å². The molecule has 0 unspecified atom stereocenters. The van der Waals surface area contributed by atoms with Gasteiger partial charge >= 0.3 is 0 Å². The molecule has 0 rings (SSSR count). The second-order valence-electron chi connectivity index (χ2n) is 0.838. The molecule has 0 saturated heterocycles. The van der Waals surface area contributed by atoms with Gasteiger partial charge in [-0.1, -0.05) is 6.47 Å². The van der Waals surface area contributed by atoms with Crippen LogP contribution >= 0.6 is 0 Å². The smallest absolute Gasteiger partial charge is 0.155 e. The summed E-state index contributed by atoms with van der Waals surface area (Å²) in [5.41, 5.74) is 0. The van der Waals surface area contributed by atoms with Crippen LogP contribution in [-0.4, -0.2) is 26.7 Å². The minimum Gasteiger partial charge on any atom is -0.634 e. The molecule has 0 aromatic heterocycles. The van der Waals surface area contributed by atoms with Crippen molar-refractivity contribution < 1.29 is 51.8 Å². The molecule has 1 radical (unpaired) electrons. The van der Waals surface area contributed by atoms with Gasteiger partial charge in [0.2, 0.25) is 0 Å². The van der Waals surface area contributed by atoms with Gasteiger partial charge in [-0.05, 0) is 0 Å². The Kier molecular flexibility index (Phi) is 38.1. The molecular weight excluding hydrogens is 213 g/mol. The summed E-state index contributed by atoms with van der Waals surface area (Å²) in [4.78, 5) is 17.8. The number of carbonyl (C=O) groups excluding carboxylic acids is 2. The van der Waals surface area contributed by atoms with Crippen molar-refractivity contribution in [2.24, 2.45) is 0 Å². The third kappa shape index (κ3) is 41.5. The van der Waals surface area contributed by atoms with E-state index in [-0.39, 0.29) is 39.5 Å². The predicted molar refractivity (Wildman–Crippen MR) is 30.0 cm³/mol. The van der Waals surface area contributed by atoms with Gasteiger partial charge in [-0.25, -0.2) is 0 Å². The molecular formula is C5H8O4Y-2. The minimum atomic E-state index is -0.0104. The average Bonchev–Trinajstić information content (AvgIpc) is 1.86. The molecule has 4 nitrogen and oxygen atoms in total. The van der Waals surface area contributed by atoms with Crippen LogP contribution in [0.25, 0.3) is 0 Å². The molecule has 0 atom stereocenters. The SMILES string of the molecule is COCO[C-]=O.C[C-]=O.[Y]. The summed E-state index contributed by atoms with van der Waals surface area (Å²) >= 11 is 0. The van der Waals surface area contributed by atoms with Gasteiger partial charge < -0.3 is 19.1 Å². The van der Waals surface area contributed by atoms with E-state index in [0.29, 0.717) is 0 Å². The summed E-state index contributed by atoms with van der Waals surface area (Å²) in [7, 11) is 1.43. The van der Waals surface area contributed by atoms with Crippen LogP contribution in [0, 0.1) is 0 Å². The zero-order chi connectivity index (χ0) is 7.54. The molecule has 0 aliphatic heterocycles. The Morgan fingerprint density at radius 2 is 1.80 bits per heavy atom. The first-order chi connectivity index (χ1) is 4.33.